The molecule has 2 atom stereocenters. The zero-order chi connectivity index (χ0) is 26.2. The van der Waals surface area contributed by atoms with Crippen LogP contribution in [0.1, 0.15) is 36.7 Å². The Hall–Kier alpha value is -4.09. The number of halogens is 3. The Morgan fingerprint density at radius 1 is 1.11 bits per heavy atom. The van der Waals surface area contributed by atoms with E-state index in [-0.39, 0.29) is 29.1 Å². The first-order valence-electron chi connectivity index (χ1n) is 11.2. The predicted molar refractivity (Wildman–Crippen MR) is 126 cm³/mol. The molecule has 8 nitrogen and oxygen atoms in total. The second-order valence-electron chi connectivity index (χ2n) is 8.70. The van der Waals surface area contributed by atoms with Gasteiger partial charge < -0.3 is 14.2 Å². The molecule has 1 fully saturated rings. The lowest BCUT2D eigenvalue weighted by Crippen LogP contribution is -2.53. The van der Waals surface area contributed by atoms with Gasteiger partial charge in [-0.3, -0.25) is 9.69 Å². The number of anilines is 1. The van der Waals surface area contributed by atoms with Crippen molar-refractivity contribution in [2.75, 3.05) is 24.5 Å². The summed E-state index contributed by atoms with van der Waals surface area (Å²) in [5, 5.41) is 19.2. The van der Waals surface area contributed by atoms with Crippen LogP contribution in [0.4, 0.5) is 18.9 Å². The third kappa shape index (κ3) is 4.70. The number of piperazine rings is 1. The number of ether oxygens (including phenoxy) is 1. The molecule has 0 aliphatic carbocycles. The summed E-state index contributed by atoms with van der Waals surface area (Å²) >= 11 is 0. The number of hydrogen-bond acceptors (Lipinski definition) is 7. The highest BCUT2D eigenvalue weighted by Crippen LogP contribution is 2.32. The number of fused-ring (bicyclic) bond motifs is 1. The van der Waals surface area contributed by atoms with Gasteiger partial charge in [0.15, 0.2) is 0 Å². The number of rotatable bonds is 4. The predicted octanol–water partition coefficient (Wildman–Crippen LogP) is 3.85. The van der Waals surface area contributed by atoms with Crippen LogP contribution in [0.2, 0.25) is 0 Å². The number of pyridine rings is 2. The van der Waals surface area contributed by atoms with Gasteiger partial charge >= 0.3 is 6.36 Å². The SMILES string of the molecule is CC(c1ccc(OC(F)(F)F)cc1)N1CCN(c2c(C#N)c(=O)n(C)c3ccc(C#N)nc23)C[C@H]1C. The number of hydrogen-bond donors (Lipinski definition) is 0. The van der Waals surface area contributed by atoms with Gasteiger partial charge in [-0.15, -0.1) is 13.2 Å². The van der Waals surface area contributed by atoms with Gasteiger partial charge in [-0.25, -0.2) is 4.98 Å². The van der Waals surface area contributed by atoms with E-state index >= 15 is 0 Å². The van der Waals surface area contributed by atoms with Crippen LogP contribution in [0.15, 0.2) is 41.2 Å². The van der Waals surface area contributed by atoms with Crippen molar-refractivity contribution in [3.63, 3.8) is 0 Å². The highest BCUT2D eigenvalue weighted by Gasteiger charge is 2.33. The maximum atomic E-state index is 12.9. The van der Waals surface area contributed by atoms with Gasteiger partial charge in [-0.2, -0.15) is 10.5 Å². The van der Waals surface area contributed by atoms with Gasteiger partial charge in [0.05, 0.1) is 11.2 Å². The fraction of sp³-hybridized carbons (Fsp3) is 0.360. The molecular weight excluding hydrogens is 473 g/mol. The Bertz CT molecular complexity index is 1440. The van der Waals surface area contributed by atoms with Gasteiger partial charge in [0.2, 0.25) is 0 Å². The van der Waals surface area contributed by atoms with E-state index in [4.69, 9.17) is 0 Å². The largest absolute Gasteiger partial charge is 0.573 e. The molecule has 186 valence electrons. The van der Waals surface area contributed by atoms with Crippen LogP contribution >= 0.6 is 0 Å². The van der Waals surface area contributed by atoms with Gasteiger partial charge in [0.25, 0.3) is 5.56 Å². The zero-order valence-corrected chi connectivity index (χ0v) is 19.9. The number of aryl methyl sites for hydroxylation is 1. The van der Waals surface area contributed by atoms with E-state index in [2.05, 4.69) is 14.6 Å². The Kier molecular flexibility index (Phi) is 6.61. The minimum Gasteiger partial charge on any atom is -0.406 e. The van der Waals surface area contributed by atoms with Crippen molar-refractivity contribution in [3.8, 4) is 17.9 Å². The molecule has 0 N–H and O–H groups in total. The quantitative estimate of drug-likeness (QED) is 0.541. The van der Waals surface area contributed by atoms with Crippen molar-refractivity contribution in [3.05, 3.63) is 63.6 Å². The smallest absolute Gasteiger partial charge is 0.406 e. The number of alkyl halides is 3. The Balaban J connectivity index is 1.62. The second kappa shape index (κ2) is 9.51. The molecule has 2 aromatic heterocycles. The van der Waals surface area contributed by atoms with E-state index in [0.717, 1.165) is 5.56 Å². The fourth-order valence-electron chi connectivity index (χ4n) is 4.75. The first-order chi connectivity index (χ1) is 17.0. The molecule has 0 spiro atoms. The molecule has 0 radical (unpaired) electrons. The zero-order valence-electron chi connectivity index (χ0n) is 19.9. The average molecular weight is 496 g/mol. The molecular formula is C25H23F3N6O2. The van der Waals surface area contributed by atoms with E-state index in [1.165, 1.54) is 22.8 Å². The first kappa shape index (κ1) is 25.0. The van der Waals surface area contributed by atoms with Crippen molar-refractivity contribution in [2.24, 2.45) is 7.05 Å². The van der Waals surface area contributed by atoms with Crippen LogP contribution < -0.4 is 15.2 Å². The molecule has 0 amide bonds. The molecule has 3 heterocycles. The van der Waals surface area contributed by atoms with Crippen molar-refractivity contribution in [2.45, 2.75) is 32.3 Å². The summed E-state index contributed by atoms with van der Waals surface area (Å²) in [4.78, 5) is 21.5. The molecule has 3 aromatic rings. The standard InChI is InChI=1S/C25H23F3N6O2/c1-15-14-33(10-11-34(15)16(2)17-4-7-19(8-5-17)36-25(26,27)28)23-20(13-30)24(35)32(3)21-9-6-18(12-29)31-22(21)23/h4-9,15-16H,10-11,14H2,1-3H3/t15-,16?/m1/s1. The van der Waals surface area contributed by atoms with E-state index in [1.807, 2.05) is 30.9 Å². The summed E-state index contributed by atoms with van der Waals surface area (Å²) in [5.41, 5.74) is 1.92. The van der Waals surface area contributed by atoms with Gasteiger partial charge in [0.1, 0.15) is 34.7 Å². The lowest BCUT2D eigenvalue weighted by Gasteiger charge is -2.44. The summed E-state index contributed by atoms with van der Waals surface area (Å²) in [6, 6.07) is 12.9. The van der Waals surface area contributed by atoms with E-state index in [9.17, 15) is 28.5 Å². The molecule has 0 saturated carbocycles. The Morgan fingerprint density at radius 2 is 1.81 bits per heavy atom. The molecule has 1 saturated heterocycles. The summed E-state index contributed by atoms with van der Waals surface area (Å²) < 4.78 is 42.7. The van der Waals surface area contributed by atoms with Crippen molar-refractivity contribution in [1.82, 2.24) is 14.5 Å². The summed E-state index contributed by atoms with van der Waals surface area (Å²) in [7, 11) is 1.57. The minimum absolute atomic E-state index is 0.0235. The molecule has 36 heavy (non-hydrogen) atoms. The van der Waals surface area contributed by atoms with E-state index in [1.54, 1.807) is 25.2 Å². The van der Waals surface area contributed by atoms with Crippen LogP contribution in [-0.2, 0) is 7.05 Å². The number of aromatic nitrogens is 2. The third-order valence-electron chi connectivity index (χ3n) is 6.53. The fourth-order valence-corrected chi connectivity index (χ4v) is 4.75. The molecule has 1 aromatic carbocycles. The Morgan fingerprint density at radius 3 is 2.39 bits per heavy atom. The van der Waals surface area contributed by atoms with E-state index < -0.39 is 11.9 Å². The highest BCUT2D eigenvalue weighted by atomic mass is 19.4. The van der Waals surface area contributed by atoms with E-state index in [0.29, 0.717) is 36.4 Å². The van der Waals surface area contributed by atoms with Gasteiger partial charge in [0, 0.05) is 38.8 Å². The van der Waals surface area contributed by atoms with Crippen molar-refractivity contribution < 1.29 is 17.9 Å². The number of nitriles is 2. The number of nitrogens with zero attached hydrogens (tertiary/aromatic N) is 6. The maximum absolute atomic E-state index is 12.9. The van der Waals surface area contributed by atoms with Crippen molar-refractivity contribution >= 4 is 16.7 Å². The second-order valence-corrected chi connectivity index (χ2v) is 8.70. The maximum Gasteiger partial charge on any atom is 0.573 e. The lowest BCUT2D eigenvalue weighted by molar-refractivity contribution is -0.274. The first-order valence-corrected chi connectivity index (χ1v) is 11.2. The summed E-state index contributed by atoms with van der Waals surface area (Å²) in [5.74, 6) is -0.276. The topological polar surface area (TPSA) is 98.2 Å². The molecule has 0 bridgehead atoms. The summed E-state index contributed by atoms with van der Waals surface area (Å²) in [6.45, 7) is 5.52. The van der Waals surface area contributed by atoms with Gasteiger partial charge in [-0.1, -0.05) is 12.1 Å². The van der Waals surface area contributed by atoms with Crippen LogP contribution in [0.3, 0.4) is 0 Å². The summed E-state index contributed by atoms with van der Waals surface area (Å²) in [6.07, 6.45) is -4.74. The van der Waals surface area contributed by atoms with Crippen LogP contribution in [0.25, 0.3) is 11.0 Å². The molecule has 1 aliphatic heterocycles. The lowest BCUT2D eigenvalue weighted by atomic mass is 10.0. The van der Waals surface area contributed by atoms with Gasteiger partial charge in [-0.05, 0) is 43.7 Å². The molecule has 1 aliphatic rings. The minimum atomic E-state index is -4.74. The monoisotopic (exact) mass is 496 g/mol. The van der Waals surface area contributed by atoms with Crippen molar-refractivity contribution in [1.29, 1.82) is 10.5 Å². The Labute approximate surface area is 205 Å². The molecule has 1 unspecified atom stereocenters. The van der Waals surface area contributed by atoms with Crippen LogP contribution in [0.5, 0.6) is 5.75 Å². The average Bonchev–Trinajstić information content (AvgIpc) is 2.84. The van der Waals surface area contributed by atoms with Crippen LogP contribution in [-0.4, -0.2) is 46.5 Å². The number of benzene rings is 1. The normalized spacial score (nSPS) is 17.4. The van der Waals surface area contributed by atoms with Crippen LogP contribution in [0, 0.1) is 22.7 Å². The molecule has 11 heteroatoms. The molecule has 4 rings (SSSR count). The highest BCUT2D eigenvalue weighted by molar-refractivity contribution is 5.92. The third-order valence-corrected chi connectivity index (χ3v) is 6.53.